The quantitative estimate of drug-likeness (QED) is 0.454. The van der Waals surface area contributed by atoms with Gasteiger partial charge in [0.15, 0.2) is 0 Å². The largest absolute Gasteiger partial charge is 0.465 e. The number of carbonyl (C=O) groups is 1. The summed E-state index contributed by atoms with van der Waals surface area (Å²) in [4.78, 5) is 17.8. The number of rotatable bonds is 3. The molecule has 1 unspecified atom stereocenters. The van der Waals surface area contributed by atoms with Crippen molar-refractivity contribution in [2.24, 2.45) is 0 Å². The molecule has 4 rings (SSSR count). The molecule has 7 heteroatoms. The van der Waals surface area contributed by atoms with Crippen LogP contribution in [0.1, 0.15) is 18.0 Å². The van der Waals surface area contributed by atoms with Crippen LogP contribution in [0, 0.1) is 0 Å². The van der Waals surface area contributed by atoms with E-state index in [1.54, 1.807) is 18.7 Å². The van der Waals surface area contributed by atoms with Crippen LogP contribution in [-0.4, -0.2) is 16.2 Å². The third kappa shape index (κ3) is 3.20. The topological polar surface area (TPSA) is 74.2 Å². The first-order valence-electron chi connectivity index (χ1n) is 7.73. The van der Waals surface area contributed by atoms with E-state index in [4.69, 9.17) is 5.11 Å². The first kappa shape index (κ1) is 16.0. The van der Waals surface area contributed by atoms with Gasteiger partial charge in [-0.2, -0.15) is 0 Å². The number of benzene rings is 2. The van der Waals surface area contributed by atoms with Gasteiger partial charge >= 0.3 is 6.09 Å². The lowest BCUT2D eigenvalue weighted by atomic mass is 10.1. The van der Waals surface area contributed by atoms with Crippen molar-refractivity contribution in [1.29, 1.82) is 0 Å². The van der Waals surface area contributed by atoms with Gasteiger partial charge in [-0.25, -0.2) is 9.78 Å². The number of para-hydroxylation sites is 1. The molecule has 3 aromatic rings. The van der Waals surface area contributed by atoms with E-state index < -0.39 is 6.09 Å². The summed E-state index contributed by atoms with van der Waals surface area (Å²) >= 11 is 3.21. The summed E-state index contributed by atoms with van der Waals surface area (Å²) in [6.07, 6.45) is -1.04. The summed E-state index contributed by atoms with van der Waals surface area (Å²) in [6.45, 7) is 1.79. The third-order valence-electron chi connectivity index (χ3n) is 3.88. The van der Waals surface area contributed by atoms with Crippen LogP contribution < -0.4 is 10.6 Å². The van der Waals surface area contributed by atoms with E-state index in [9.17, 15) is 4.79 Å². The standard InChI is InChI=1S/C18H15N3O2S2/c1-10(19-18(22)23)17-21-14(9-24-17)11-6-7-16-13(8-11)20-12-4-2-3-5-15(12)25-16/h2-10,19-20H,1H3,(H,22,23). The van der Waals surface area contributed by atoms with Gasteiger partial charge in [-0.3, -0.25) is 0 Å². The number of fused-ring (bicyclic) bond motifs is 2. The molecular formula is C18H15N3O2S2. The van der Waals surface area contributed by atoms with E-state index in [-0.39, 0.29) is 6.04 Å². The van der Waals surface area contributed by atoms with E-state index in [0.717, 1.165) is 27.6 Å². The molecule has 0 saturated heterocycles. The molecule has 0 aliphatic carbocycles. The summed E-state index contributed by atoms with van der Waals surface area (Å²) in [7, 11) is 0. The van der Waals surface area contributed by atoms with Crippen LogP contribution in [0.2, 0.25) is 0 Å². The monoisotopic (exact) mass is 369 g/mol. The molecule has 25 heavy (non-hydrogen) atoms. The highest BCUT2D eigenvalue weighted by molar-refractivity contribution is 7.99. The van der Waals surface area contributed by atoms with Crippen LogP contribution in [0.5, 0.6) is 0 Å². The number of nitrogens with zero attached hydrogens (tertiary/aromatic N) is 1. The Balaban J connectivity index is 1.61. The second-order valence-electron chi connectivity index (χ2n) is 5.68. The van der Waals surface area contributed by atoms with Gasteiger partial charge in [0.2, 0.25) is 0 Å². The predicted molar refractivity (Wildman–Crippen MR) is 101 cm³/mol. The fourth-order valence-corrected chi connectivity index (χ4v) is 4.47. The summed E-state index contributed by atoms with van der Waals surface area (Å²) < 4.78 is 0. The second kappa shape index (κ2) is 6.42. The molecule has 5 nitrogen and oxygen atoms in total. The number of aromatic nitrogens is 1. The number of thiazole rings is 1. The summed E-state index contributed by atoms with van der Waals surface area (Å²) in [6, 6.07) is 14.1. The molecule has 2 aromatic carbocycles. The summed E-state index contributed by atoms with van der Waals surface area (Å²) in [5.74, 6) is 0. The van der Waals surface area contributed by atoms with Crippen molar-refractivity contribution in [3.8, 4) is 11.3 Å². The van der Waals surface area contributed by atoms with Crippen molar-refractivity contribution in [2.75, 3.05) is 5.32 Å². The van der Waals surface area contributed by atoms with Gasteiger partial charge in [0.05, 0.1) is 23.1 Å². The van der Waals surface area contributed by atoms with Crippen LogP contribution in [0.15, 0.2) is 57.6 Å². The minimum Gasteiger partial charge on any atom is -0.465 e. The Morgan fingerprint density at radius 3 is 2.84 bits per heavy atom. The van der Waals surface area contributed by atoms with Crippen molar-refractivity contribution >= 4 is 40.6 Å². The minimum absolute atomic E-state index is 0.325. The van der Waals surface area contributed by atoms with Gasteiger partial charge in [-0.1, -0.05) is 30.0 Å². The number of hydrogen-bond acceptors (Lipinski definition) is 5. The molecule has 0 radical (unpaired) electrons. The summed E-state index contributed by atoms with van der Waals surface area (Å²) in [5.41, 5.74) is 4.03. The molecule has 2 heterocycles. The molecule has 1 amide bonds. The van der Waals surface area contributed by atoms with Crippen LogP contribution in [0.3, 0.4) is 0 Å². The normalized spacial score (nSPS) is 13.3. The Labute approximate surface area is 153 Å². The Kier molecular flexibility index (Phi) is 4.10. The van der Waals surface area contributed by atoms with Gasteiger partial charge in [0.1, 0.15) is 5.01 Å². The summed E-state index contributed by atoms with van der Waals surface area (Å²) in [5, 5.41) is 17.5. The first-order valence-corrected chi connectivity index (χ1v) is 9.43. The molecule has 0 saturated carbocycles. The lowest BCUT2D eigenvalue weighted by molar-refractivity contribution is 0.191. The average molecular weight is 369 g/mol. The Morgan fingerprint density at radius 1 is 1.20 bits per heavy atom. The van der Waals surface area contributed by atoms with Crippen LogP contribution >= 0.6 is 23.1 Å². The molecule has 0 bridgehead atoms. The van der Waals surface area contributed by atoms with E-state index >= 15 is 0 Å². The molecule has 126 valence electrons. The Bertz CT molecular complexity index is 955. The Hall–Kier alpha value is -2.51. The van der Waals surface area contributed by atoms with Crippen LogP contribution in [0.25, 0.3) is 11.3 Å². The van der Waals surface area contributed by atoms with Gasteiger partial charge < -0.3 is 15.7 Å². The lowest BCUT2D eigenvalue weighted by Crippen LogP contribution is -2.24. The van der Waals surface area contributed by atoms with Crippen LogP contribution in [-0.2, 0) is 0 Å². The first-order chi connectivity index (χ1) is 12.1. The van der Waals surface area contributed by atoms with E-state index in [2.05, 4.69) is 45.9 Å². The highest BCUT2D eigenvalue weighted by Gasteiger charge is 2.17. The zero-order valence-electron chi connectivity index (χ0n) is 13.3. The number of amides is 1. The van der Waals surface area contributed by atoms with E-state index in [1.165, 1.54) is 21.1 Å². The minimum atomic E-state index is -1.04. The molecule has 3 N–H and O–H groups in total. The zero-order chi connectivity index (χ0) is 17.4. The SMILES string of the molecule is CC(NC(=O)O)c1nc(-c2ccc3c(c2)Nc2ccccc2S3)cs1. The maximum absolute atomic E-state index is 10.8. The van der Waals surface area contributed by atoms with Crippen molar-refractivity contribution in [3.63, 3.8) is 0 Å². The highest BCUT2D eigenvalue weighted by Crippen LogP contribution is 2.45. The molecule has 1 atom stereocenters. The Morgan fingerprint density at radius 2 is 2.00 bits per heavy atom. The molecular weight excluding hydrogens is 354 g/mol. The van der Waals surface area contributed by atoms with E-state index in [0.29, 0.717) is 0 Å². The lowest BCUT2D eigenvalue weighted by Gasteiger charge is -2.21. The van der Waals surface area contributed by atoms with Gasteiger partial charge in [0.25, 0.3) is 0 Å². The maximum Gasteiger partial charge on any atom is 0.405 e. The smallest absolute Gasteiger partial charge is 0.405 e. The molecule has 0 fully saturated rings. The second-order valence-corrected chi connectivity index (χ2v) is 7.65. The molecule has 1 aliphatic rings. The number of nitrogens with one attached hydrogen (secondary N) is 2. The van der Waals surface area contributed by atoms with Crippen molar-refractivity contribution in [2.45, 2.75) is 22.8 Å². The van der Waals surface area contributed by atoms with Gasteiger partial charge in [0, 0.05) is 20.7 Å². The van der Waals surface area contributed by atoms with Crippen LogP contribution in [0.4, 0.5) is 16.2 Å². The highest BCUT2D eigenvalue weighted by atomic mass is 32.2. The fourth-order valence-electron chi connectivity index (χ4n) is 2.66. The third-order valence-corrected chi connectivity index (χ3v) is 6.06. The fraction of sp³-hybridized carbons (Fsp3) is 0.111. The van der Waals surface area contributed by atoms with Crippen molar-refractivity contribution < 1.29 is 9.90 Å². The van der Waals surface area contributed by atoms with E-state index in [1.807, 2.05) is 17.5 Å². The zero-order valence-corrected chi connectivity index (χ0v) is 14.9. The molecule has 1 aliphatic heterocycles. The molecule has 0 spiro atoms. The number of carboxylic acid groups (broad SMARTS) is 1. The maximum atomic E-state index is 10.8. The van der Waals surface area contributed by atoms with Gasteiger partial charge in [-0.15, -0.1) is 11.3 Å². The number of anilines is 2. The molecule has 1 aromatic heterocycles. The van der Waals surface area contributed by atoms with Crippen molar-refractivity contribution in [1.82, 2.24) is 10.3 Å². The average Bonchev–Trinajstić information content (AvgIpc) is 3.09. The predicted octanol–water partition coefficient (Wildman–Crippen LogP) is 5.35. The van der Waals surface area contributed by atoms with Gasteiger partial charge in [-0.05, 0) is 31.2 Å². The van der Waals surface area contributed by atoms with Crippen molar-refractivity contribution in [3.05, 3.63) is 52.9 Å². The number of hydrogen-bond donors (Lipinski definition) is 3.